The lowest BCUT2D eigenvalue weighted by Gasteiger charge is -2.10. The van der Waals surface area contributed by atoms with E-state index < -0.39 is 40.2 Å². The molecule has 2 aromatic carbocycles. The first kappa shape index (κ1) is 22.7. The number of benzene rings is 2. The van der Waals surface area contributed by atoms with Gasteiger partial charge in [0.15, 0.2) is 5.69 Å². The van der Waals surface area contributed by atoms with E-state index in [1.54, 1.807) is 0 Å². The number of rotatable bonds is 5. The van der Waals surface area contributed by atoms with Gasteiger partial charge in [0.2, 0.25) is 0 Å². The molecule has 0 spiro atoms. The molecule has 0 atom stereocenters. The zero-order valence-electron chi connectivity index (χ0n) is 15.4. The number of hydrogen-bond donors (Lipinski definition) is 1. The van der Waals surface area contributed by atoms with Crippen molar-refractivity contribution in [1.29, 1.82) is 0 Å². The van der Waals surface area contributed by atoms with Gasteiger partial charge in [-0.3, -0.25) is 4.79 Å². The highest BCUT2D eigenvalue weighted by atomic mass is 32.1. The molecule has 0 aliphatic heterocycles. The molecule has 0 saturated heterocycles. The summed E-state index contributed by atoms with van der Waals surface area (Å²) in [6, 6.07) is 9.18. The van der Waals surface area contributed by atoms with E-state index in [0.29, 0.717) is 11.3 Å². The van der Waals surface area contributed by atoms with E-state index in [1.165, 1.54) is 24.3 Å². The largest absolute Gasteiger partial charge is 0.435 e. The van der Waals surface area contributed by atoms with Crippen molar-refractivity contribution in [3.8, 4) is 10.6 Å². The quantitative estimate of drug-likeness (QED) is 0.476. The van der Waals surface area contributed by atoms with Gasteiger partial charge < -0.3 is 5.32 Å². The molecule has 11 heteroatoms. The first-order valence-corrected chi connectivity index (χ1v) is 9.55. The third-order valence-electron chi connectivity index (χ3n) is 4.13. The lowest BCUT2D eigenvalue weighted by molar-refractivity contribution is -0.141. The van der Waals surface area contributed by atoms with Crippen LogP contribution in [0.15, 0.2) is 48.5 Å². The number of nitrogens with one attached hydrogen (secondary N) is 1. The molecule has 3 nitrogen and oxygen atoms in total. The maximum Gasteiger partial charge on any atom is 0.435 e. The molecule has 0 aliphatic carbocycles. The van der Waals surface area contributed by atoms with Crippen LogP contribution in [0.3, 0.4) is 0 Å². The maximum atomic E-state index is 13.4. The number of halogens is 7. The second-order valence-electron chi connectivity index (χ2n) is 6.41. The second kappa shape index (κ2) is 8.66. The van der Waals surface area contributed by atoms with Crippen LogP contribution in [0.2, 0.25) is 0 Å². The Morgan fingerprint density at radius 1 is 0.968 bits per heavy atom. The van der Waals surface area contributed by atoms with Gasteiger partial charge in [-0.15, -0.1) is 11.3 Å². The monoisotopic (exact) mass is 462 g/mol. The second-order valence-corrected chi connectivity index (χ2v) is 7.41. The molecule has 1 amide bonds. The molecular formula is C20H13F7N2OS. The number of aromatic nitrogens is 1. The SMILES string of the molecule is O=C(NCCc1cccc(C(F)(F)F)c1)c1sc(-c2cccc(F)c2)nc1C(F)(F)F. The van der Waals surface area contributed by atoms with Gasteiger partial charge in [0, 0.05) is 12.1 Å². The molecule has 1 heterocycles. The third-order valence-corrected chi connectivity index (χ3v) is 5.23. The van der Waals surface area contributed by atoms with Crippen molar-refractivity contribution < 1.29 is 35.5 Å². The lowest BCUT2D eigenvalue weighted by atomic mass is 10.1. The van der Waals surface area contributed by atoms with Crippen LogP contribution in [0, 0.1) is 5.82 Å². The Kier molecular flexibility index (Phi) is 6.35. The van der Waals surface area contributed by atoms with Crippen molar-refractivity contribution in [3.05, 3.63) is 76.0 Å². The van der Waals surface area contributed by atoms with Crippen LogP contribution < -0.4 is 5.32 Å². The van der Waals surface area contributed by atoms with Crippen LogP contribution in [-0.2, 0) is 18.8 Å². The van der Waals surface area contributed by atoms with Crippen LogP contribution in [-0.4, -0.2) is 17.4 Å². The summed E-state index contributed by atoms with van der Waals surface area (Å²) in [4.78, 5) is 15.1. The summed E-state index contributed by atoms with van der Waals surface area (Å²) in [6.45, 7) is -0.190. The van der Waals surface area contributed by atoms with Crippen LogP contribution in [0.4, 0.5) is 30.7 Å². The lowest BCUT2D eigenvalue weighted by Crippen LogP contribution is -2.27. The minimum absolute atomic E-state index is 0.0213. The van der Waals surface area contributed by atoms with Crippen molar-refractivity contribution in [1.82, 2.24) is 10.3 Å². The summed E-state index contributed by atoms with van der Waals surface area (Å²) in [5.41, 5.74) is -1.93. The van der Waals surface area contributed by atoms with Crippen molar-refractivity contribution >= 4 is 17.2 Å². The molecule has 0 bridgehead atoms. The predicted octanol–water partition coefficient (Wildman–Crippen LogP) is 5.96. The van der Waals surface area contributed by atoms with Crippen LogP contribution in [0.5, 0.6) is 0 Å². The average molecular weight is 462 g/mol. The van der Waals surface area contributed by atoms with Crippen molar-refractivity contribution in [3.63, 3.8) is 0 Å². The number of nitrogens with zero attached hydrogens (tertiary/aromatic N) is 1. The van der Waals surface area contributed by atoms with Gasteiger partial charge in [0.25, 0.3) is 5.91 Å². The summed E-state index contributed by atoms with van der Waals surface area (Å²) in [5.74, 6) is -1.74. The Bertz CT molecular complexity index is 1090. The number of carbonyl (C=O) groups is 1. The minimum atomic E-state index is -4.92. The van der Waals surface area contributed by atoms with E-state index >= 15 is 0 Å². The third kappa shape index (κ3) is 5.60. The van der Waals surface area contributed by atoms with E-state index in [2.05, 4.69) is 10.3 Å². The van der Waals surface area contributed by atoms with Crippen LogP contribution in [0.1, 0.15) is 26.5 Å². The first-order valence-electron chi connectivity index (χ1n) is 8.73. The Labute approximate surface area is 175 Å². The minimum Gasteiger partial charge on any atom is -0.351 e. The molecule has 0 saturated carbocycles. The fourth-order valence-corrected chi connectivity index (χ4v) is 3.71. The zero-order chi connectivity index (χ0) is 22.8. The summed E-state index contributed by atoms with van der Waals surface area (Å²) in [7, 11) is 0. The highest BCUT2D eigenvalue weighted by Crippen LogP contribution is 2.37. The molecule has 1 aromatic heterocycles. The average Bonchev–Trinajstić information content (AvgIpc) is 3.14. The predicted molar refractivity (Wildman–Crippen MR) is 100.0 cm³/mol. The molecule has 0 unspecified atom stereocenters. The fourth-order valence-electron chi connectivity index (χ4n) is 2.71. The van der Waals surface area contributed by atoms with Crippen molar-refractivity contribution in [2.24, 2.45) is 0 Å². The Hall–Kier alpha value is -2.95. The van der Waals surface area contributed by atoms with Gasteiger partial charge in [-0.2, -0.15) is 26.3 Å². The van der Waals surface area contributed by atoms with E-state index in [4.69, 9.17) is 0 Å². The number of amides is 1. The smallest absolute Gasteiger partial charge is 0.351 e. The molecule has 0 radical (unpaired) electrons. The van der Waals surface area contributed by atoms with Gasteiger partial charge in [0.05, 0.1) is 5.56 Å². The fraction of sp³-hybridized carbons (Fsp3) is 0.200. The number of thiazole rings is 1. The zero-order valence-corrected chi connectivity index (χ0v) is 16.3. The number of carbonyl (C=O) groups excluding carboxylic acids is 1. The Morgan fingerprint density at radius 2 is 1.68 bits per heavy atom. The maximum absolute atomic E-state index is 13.4. The van der Waals surface area contributed by atoms with Crippen molar-refractivity contribution in [2.45, 2.75) is 18.8 Å². The first-order chi connectivity index (χ1) is 14.4. The van der Waals surface area contributed by atoms with Gasteiger partial charge >= 0.3 is 12.4 Å². The summed E-state index contributed by atoms with van der Waals surface area (Å²) < 4.78 is 91.7. The van der Waals surface area contributed by atoms with E-state index in [1.807, 2.05) is 0 Å². The van der Waals surface area contributed by atoms with E-state index in [9.17, 15) is 35.5 Å². The molecule has 1 N–H and O–H groups in total. The van der Waals surface area contributed by atoms with Crippen LogP contribution >= 0.6 is 11.3 Å². The summed E-state index contributed by atoms with van der Waals surface area (Å²) >= 11 is 0.450. The van der Waals surface area contributed by atoms with E-state index in [-0.39, 0.29) is 29.1 Å². The molecule has 31 heavy (non-hydrogen) atoms. The Morgan fingerprint density at radius 3 is 2.32 bits per heavy atom. The normalized spacial score (nSPS) is 12.1. The van der Waals surface area contributed by atoms with Gasteiger partial charge in [-0.25, -0.2) is 9.37 Å². The number of alkyl halides is 6. The number of hydrogen-bond acceptors (Lipinski definition) is 3. The Balaban J connectivity index is 1.77. The topological polar surface area (TPSA) is 42.0 Å². The molecule has 0 fully saturated rings. The summed E-state index contributed by atoms with van der Waals surface area (Å²) in [5, 5.41) is 2.09. The van der Waals surface area contributed by atoms with Gasteiger partial charge in [-0.05, 0) is 30.2 Å². The van der Waals surface area contributed by atoms with E-state index in [0.717, 1.165) is 24.3 Å². The molecule has 0 aliphatic rings. The molecule has 3 aromatic rings. The summed E-state index contributed by atoms with van der Waals surface area (Å²) in [6.07, 6.45) is -9.47. The molecular weight excluding hydrogens is 449 g/mol. The highest BCUT2D eigenvalue weighted by Gasteiger charge is 2.39. The van der Waals surface area contributed by atoms with Gasteiger partial charge in [0.1, 0.15) is 15.7 Å². The van der Waals surface area contributed by atoms with Gasteiger partial charge in [-0.1, -0.05) is 30.3 Å². The molecule has 164 valence electrons. The molecule has 3 rings (SSSR count). The van der Waals surface area contributed by atoms with Crippen molar-refractivity contribution in [2.75, 3.05) is 6.54 Å². The standard InChI is InChI=1S/C20H13F7N2OS/c21-14-6-2-4-12(10-14)18-29-16(20(25,26)27)15(31-18)17(30)28-8-7-11-3-1-5-13(9-11)19(22,23)24/h1-6,9-10H,7-8H2,(H,28,30). The van der Waals surface area contributed by atoms with Crippen LogP contribution in [0.25, 0.3) is 10.6 Å². The highest BCUT2D eigenvalue weighted by molar-refractivity contribution is 7.17.